The highest BCUT2D eigenvalue weighted by Crippen LogP contribution is 2.15. The van der Waals surface area contributed by atoms with E-state index in [0.29, 0.717) is 11.5 Å². The zero-order chi connectivity index (χ0) is 15.4. The predicted octanol–water partition coefficient (Wildman–Crippen LogP) is 3.89. The standard InChI is InChI=1S/C18H15NO3/c1-13-6-8-14(9-7-13)12-21-18(20)11-10-17-19-15-4-2-3-5-16(15)22-17/h2-11H,12H2,1H3/b11-10+. The summed E-state index contributed by atoms with van der Waals surface area (Å²) in [6, 6.07) is 15.3. The van der Waals surface area contributed by atoms with Crippen molar-refractivity contribution in [2.24, 2.45) is 0 Å². The van der Waals surface area contributed by atoms with Gasteiger partial charge in [-0.15, -0.1) is 0 Å². The van der Waals surface area contributed by atoms with Crippen LogP contribution in [-0.4, -0.2) is 11.0 Å². The summed E-state index contributed by atoms with van der Waals surface area (Å²) in [7, 11) is 0. The van der Waals surface area contributed by atoms with Crippen LogP contribution < -0.4 is 0 Å². The third-order valence-corrected chi connectivity index (χ3v) is 3.17. The van der Waals surface area contributed by atoms with E-state index < -0.39 is 5.97 Å². The summed E-state index contributed by atoms with van der Waals surface area (Å²) in [5, 5.41) is 0. The monoisotopic (exact) mass is 293 g/mol. The molecule has 1 heterocycles. The number of carbonyl (C=O) groups is 1. The van der Waals surface area contributed by atoms with Crippen molar-refractivity contribution >= 4 is 23.1 Å². The lowest BCUT2D eigenvalue weighted by atomic mass is 10.2. The highest BCUT2D eigenvalue weighted by atomic mass is 16.5. The number of nitrogens with zero attached hydrogens (tertiary/aromatic N) is 1. The van der Waals surface area contributed by atoms with Crippen molar-refractivity contribution < 1.29 is 13.9 Å². The summed E-state index contributed by atoms with van der Waals surface area (Å²) < 4.78 is 10.7. The van der Waals surface area contributed by atoms with E-state index in [1.807, 2.05) is 55.5 Å². The molecule has 0 radical (unpaired) electrons. The number of hydrogen-bond donors (Lipinski definition) is 0. The molecule has 0 N–H and O–H groups in total. The molecule has 0 atom stereocenters. The Morgan fingerprint density at radius 2 is 1.95 bits per heavy atom. The van der Waals surface area contributed by atoms with Crippen molar-refractivity contribution in [3.8, 4) is 0 Å². The van der Waals surface area contributed by atoms with Gasteiger partial charge in [0, 0.05) is 12.2 Å². The van der Waals surface area contributed by atoms with Crippen molar-refractivity contribution in [1.29, 1.82) is 0 Å². The average molecular weight is 293 g/mol. The van der Waals surface area contributed by atoms with E-state index in [4.69, 9.17) is 9.15 Å². The second-order valence-electron chi connectivity index (χ2n) is 4.95. The van der Waals surface area contributed by atoms with Crippen LogP contribution >= 0.6 is 0 Å². The molecule has 0 saturated carbocycles. The topological polar surface area (TPSA) is 52.3 Å². The highest BCUT2D eigenvalue weighted by molar-refractivity contribution is 5.86. The Morgan fingerprint density at radius 3 is 2.73 bits per heavy atom. The van der Waals surface area contributed by atoms with Crippen LogP contribution in [0, 0.1) is 6.92 Å². The molecule has 0 aliphatic rings. The predicted molar refractivity (Wildman–Crippen MR) is 84.0 cm³/mol. The van der Waals surface area contributed by atoms with Gasteiger partial charge < -0.3 is 9.15 Å². The normalized spacial score (nSPS) is 11.1. The number of ether oxygens (including phenoxy) is 1. The number of oxazole rings is 1. The Balaban J connectivity index is 1.59. The fraction of sp³-hybridized carbons (Fsp3) is 0.111. The van der Waals surface area contributed by atoms with Crippen molar-refractivity contribution in [3.63, 3.8) is 0 Å². The van der Waals surface area contributed by atoms with Crippen LogP contribution in [0.5, 0.6) is 0 Å². The van der Waals surface area contributed by atoms with Gasteiger partial charge in [-0.05, 0) is 24.6 Å². The molecular formula is C18H15NO3. The molecule has 1 aromatic heterocycles. The Kier molecular flexibility index (Phi) is 4.01. The third kappa shape index (κ3) is 3.41. The van der Waals surface area contributed by atoms with E-state index in [0.717, 1.165) is 11.1 Å². The van der Waals surface area contributed by atoms with Crippen LogP contribution in [-0.2, 0) is 16.1 Å². The molecule has 0 aliphatic heterocycles. The largest absolute Gasteiger partial charge is 0.458 e. The van der Waals surface area contributed by atoms with Gasteiger partial charge in [0.1, 0.15) is 12.1 Å². The summed E-state index contributed by atoms with van der Waals surface area (Å²) in [4.78, 5) is 15.9. The van der Waals surface area contributed by atoms with Crippen LogP contribution in [0.3, 0.4) is 0 Å². The maximum Gasteiger partial charge on any atom is 0.331 e. The maximum absolute atomic E-state index is 11.7. The second-order valence-corrected chi connectivity index (χ2v) is 4.95. The van der Waals surface area contributed by atoms with Gasteiger partial charge in [0.15, 0.2) is 5.58 Å². The van der Waals surface area contributed by atoms with Gasteiger partial charge in [-0.1, -0.05) is 42.0 Å². The molecule has 110 valence electrons. The summed E-state index contributed by atoms with van der Waals surface area (Å²) in [5.74, 6) is -0.0451. The Bertz CT molecular complexity index is 783. The first kappa shape index (κ1) is 14.1. The van der Waals surface area contributed by atoms with Gasteiger partial charge in [-0.25, -0.2) is 9.78 Å². The van der Waals surface area contributed by atoms with E-state index in [1.54, 1.807) is 0 Å². The second kappa shape index (κ2) is 6.26. The van der Waals surface area contributed by atoms with Gasteiger partial charge in [0.05, 0.1) is 0 Å². The molecule has 0 amide bonds. The molecule has 0 aliphatic carbocycles. The van der Waals surface area contributed by atoms with Crippen molar-refractivity contribution in [2.45, 2.75) is 13.5 Å². The van der Waals surface area contributed by atoms with Crippen molar-refractivity contribution in [2.75, 3.05) is 0 Å². The molecule has 0 unspecified atom stereocenters. The van der Waals surface area contributed by atoms with Gasteiger partial charge >= 0.3 is 5.97 Å². The smallest absolute Gasteiger partial charge is 0.331 e. The van der Waals surface area contributed by atoms with Gasteiger partial charge in [0.2, 0.25) is 5.89 Å². The number of fused-ring (bicyclic) bond motifs is 1. The molecule has 3 aromatic rings. The van der Waals surface area contributed by atoms with E-state index in [9.17, 15) is 4.79 Å². The quantitative estimate of drug-likeness (QED) is 0.541. The first-order valence-corrected chi connectivity index (χ1v) is 6.97. The first-order chi connectivity index (χ1) is 10.7. The Labute approximate surface area is 128 Å². The number of rotatable bonds is 4. The average Bonchev–Trinajstić information content (AvgIpc) is 2.95. The van der Waals surface area contributed by atoms with Crippen LogP contribution in [0.2, 0.25) is 0 Å². The number of aryl methyl sites for hydroxylation is 1. The number of aromatic nitrogens is 1. The molecule has 0 fully saturated rings. The minimum Gasteiger partial charge on any atom is -0.458 e. The van der Waals surface area contributed by atoms with Gasteiger partial charge in [-0.3, -0.25) is 0 Å². The SMILES string of the molecule is Cc1ccc(COC(=O)/C=C/c2nc3ccccc3o2)cc1. The summed E-state index contributed by atoms with van der Waals surface area (Å²) in [6.07, 6.45) is 2.83. The molecule has 2 aromatic carbocycles. The lowest BCUT2D eigenvalue weighted by molar-refractivity contribution is -0.138. The lowest BCUT2D eigenvalue weighted by Gasteiger charge is -2.02. The zero-order valence-corrected chi connectivity index (χ0v) is 12.2. The molecule has 3 rings (SSSR count). The zero-order valence-electron chi connectivity index (χ0n) is 12.2. The summed E-state index contributed by atoms with van der Waals surface area (Å²) >= 11 is 0. The molecule has 0 spiro atoms. The molecular weight excluding hydrogens is 278 g/mol. The molecule has 0 saturated heterocycles. The Hall–Kier alpha value is -2.88. The molecule has 4 heteroatoms. The first-order valence-electron chi connectivity index (χ1n) is 6.97. The molecule has 22 heavy (non-hydrogen) atoms. The fourth-order valence-electron chi connectivity index (χ4n) is 1.99. The van der Waals surface area contributed by atoms with Crippen molar-refractivity contribution in [1.82, 2.24) is 4.98 Å². The van der Waals surface area contributed by atoms with E-state index in [1.165, 1.54) is 17.7 Å². The van der Waals surface area contributed by atoms with E-state index in [-0.39, 0.29) is 6.61 Å². The number of carbonyl (C=O) groups excluding carboxylic acids is 1. The van der Waals surface area contributed by atoms with Crippen molar-refractivity contribution in [3.05, 3.63) is 71.6 Å². The molecule has 4 nitrogen and oxygen atoms in total. The van der Waals surface area contributed by atoms with Gasteiger partial charge in [0.25, 0.3) is 0 Å². The minimum atomic E-state index is -0.428. The number of benzene rings is 2. The number of esters is 1. The number of para-hydroxylation sites is 2. The summed E-state index contributed by atoms with van der Waals surface area (Å²) in [6.45, 7) is 2.26. The summed E-state index contributed by atoms with van der Waals surface area (Å²) in [5.41, 5.74) is 3.57. The van der Waals surface area contributed by atoms with Crippen LogP contribution in [0.4, 0.5) is 0 Å². The highest BCUT2D eigenvalue weighted by Gasteiger charge is 2.03. The van der Waals surface area contributed by atoms with E-state index >= 15 is 0 Å². The van der Waals surface area contributed by atoms with Crippen LogP contribution in [0.25, 0.3) is 17.2 Å². The van der Waals surface area contributed by atoms with Crippen LogP contribution in [0.15, 0.2) is 59.0 Å². The number of hydrogen-bond acceptors (Lipinski definition) is 4. The fourth-order valence-corrected chi connectivity index (χ4v) is 1.99. The van der Waals surface area contributed by atoms with Crippen LogP contribution in [0.1, 0.15) is 17.0 Å². The van der Waals surface area contributed by atoms with E-state index in [2.05, 4.69) is 4.98 Å². The molecule has 0 bridgehead atoms. The minimum absolute atomic E-state index is 0.247. The maximum atomic E-state index is 11.7. The lowest BCUT2D eigenvalue weighted by Crippen LogP contribution is -2.00. The Morgan fingerprint density at radius 1 is 1.18 bits per heavy atom. The van der Waals surface area contributed by atoms with Gasteiger partial charge in [-0.2, -0.15) is 0 Å². The third-order valence-electron chi connectivity index (χ3n) is 3.17.